The van der Waals surface area contributed by atoms with Crippen molar-refractivity contribution < 1.29 is 4.39 Å². The Bertz CT molecular complexity index is 1560. The first kappa shape index (κ1) is 25.0. The van der Waals surface area contributed by atoms with E-state index < -0.39 is 0 Å². The molecule has 3 heterocycles. The Morgan fingerprint density at radius 3 is 2.59 bits per heavy atom. The smallest absolute Gasteiger partial charge is 0.252 e. The molecule has 7 nitrogen and oxygen atoms in total. The van der Waals surface area contributed by atoms with E-state index in [1.54, 1.807) is 28.2 Å². The number of aryl methyl sites for hydroxylation is 2. The van der Waals surface area contributed by atoms with E-state index in [4.69, 9.17) is 0 Å². The average molecular weight is 517 g/mol. The highest BCUT2D eigenvalue weighted by atomic mass is 32.1. The van der Waals surface area contributed by atoms with Gasteiger partial charge in [0.25, 0.3) is 5.56 Å². The number of thiophene rings is 1. The molecule has 0 fully saturated rings. The second kappa shape index (κ2) is 10.7. The molecule has 0 saturated carbocycles. The molecule has 1 atom stereocenters. The third kappa shape index (κ3) is 5.52. The van der Waals surface area contributed by atoms with Gasteiger partial charge in [-0.25, -0.2) is 9.07 Å². The van der Waals surface area contributed by atoms with Crippen LogP contribution in [0.1, 0.15) is 52.3 Å². The van der Waals surface area contributed by atoms with Gasteiger partial charge in [0.05, 0.1) is 12.6 Å². The summed E-state index contributed by atoms with van der Waals surface area (Å²) in [4.78, 5) is 19.7. The SMILES string of the molecule is CCC(c1nnnn1Cc1ccc(F)cc1)N(Cc1cccs1)Cc1cc2cc(C)c(C)cc2[nH]c1=O. The number of H-pyrrole nitrogens is 1. The van der Waals surface area contributed by atoms with Crippen molar-refractivity contribution in [3.8, 4) is 0 Å². The fourth-order valence-corrected chi connectivity index (χ4v) is 5.40. The van der Waals surface area contributed by atoms with Crippen LogP contribution in [0.5, 0.6) is 0 Å². The maximum Gasteiger partial charge on any atom is 0.252 e. The largest absolute Gasteiger partial charge is 0.322 e. The van der Waals surface area contributed by atoms with Crippen molar-refractivity contribution in [3.63, 3.8) is 0 Å². The molecule has 0 bridgehead atoms. The summed E-state index contributed by atoms with van der Waals surface area (Å²) in [5, 5.41) is 15.7. The molecule has 190 valence electrons. The monoisotopic (exact) mass is 516 g/mol. The van der Waals surface area contributed by atoms with E-state index in [0.717, 1.165) is 28.5 Å². The van der Waals surface area contributed by atoms with Crippen molar-refractivity contribution in [1.82, 2.24) is 30.1 Å². The maximum absolute atomic E-state index is 13.4. The topological polar surface area (TPSA) is 79.7 Å². The highest BCUT2D eigenvalue weighted by molar-refractivity contribution is 7.09. The van der Waals surface area contributed by atoms with Crippen LogP contribution in [-0.4, -0.2) is 30.1 Å². The Morgan fingerprint density at radius 2 is 1.86 bits per heavy atom. The van der Waals surface area contributed by atoms with Crippen molar-refractivity contribution in [2.75, 3.05) is 0 Å². The molecule has 9 heteroatoms. The zero-order chi connectivity index (χ0) is 25.9. The zero-order valence-electron chi connectivity index (χ0n) is 21.1. The van der Waals surface area contributed by atoms with Crippen molar-refractivity contribution in [3.05, 3.63) is 109 Å². The highest BCUT2D eigenvalue weighted by Gasteiger charge is 2.26. The van der Waals surface area contributed by atoms with Crippen LogP contribution >= 0.6 is 11.3 Å². The molecule has 0 amide bonds. The second-order valence-corrected chi connectivity index (χ2v) is 10.4. The first-order chi connectivity index (χ1) is 17.9. The normalized spacial score (nSPS) is 12.5. The molecule has 2 aromatic carbocycles. The molecule has 5 rings (SSSR count). The number of pyridine rings is 1. The Labute approximate surface area is 218 Å². The predicted octanol–water partition coefficient (Wildman–Crippen LogP) is 5.53. The van der Waals surface area contributed by atoms with E-state index in [1.807, 2.05) is 25.1 Å². The van der Waals surface area contributed by atoms with E-state index in [-0.39, 0.29) is 17.4 Å². The van der Waals surface area contributed by atoms with Crippen LogP contribution in [0.25, 0.3) is 10.9 Å². The molecule has 0 aliphatic carbocycles. The molecule has 0 radical (unpaired) electrons. The van der Waals surface area contributed by atoms with Gasteiger partial charge in [0.2, 0.25) is 0 Å². The van der Waals surface area contributed by atoms with Crippen molar-refractivity contribution in [1.29, 1.82) is 0 Å². The van der Waals surface area contributed by atoms with Crippen LogP contribution in [0.15, 0.2) is 64.8 Å². The lowest BCUT2D eigenvalue weighted by molar-refractivity contribution is 0.163. The second-order valence-electron chi connectivity index (χ2n) is 9.38. The van der Waals surface area contributed by atoms with Gasteiger partial charge in [0.15, 0.2) is 5.82 Å². The van der Waals surface area contributed by atoms with Gasteiger partial charge in [0, 0.05) is 29.0 Å². The number of aromatic amines is 1. The number of fused-ring (bicyclic) bond motifs is 1. The fourth-order valence-electron chi connectivity index (χ4n) is 4.67. The van der Waals surface area contributed by atoms with Crippen LogP contribution < -0.4 is 5.56 Å². The average Bonchev–Trinajstić information content (AvgIpc) is 3.55. The van der Waals surface area contributed by atoms with E-state index in [1.165, 1.54) is 22.6 Å². The number of benzene rings is 2. The standard InChI is InChI=1S/C28H29FN6OS/c1-4-26(27-31-32-33-35(27)15-20-7-9-23(29)10-8-20)34(17-24-6-5-11-37-24)16-22-14-21-12-18(2)19(3)13-25(21)30-28(22)36/h5-14,26H,4,15-17H2,1-3H3,(H,30,36). The molecular formula is C28H29FN6OS. The van der Waals surface area contributed by atoms with Crippen LogP contribution in [0.2, 0.25) is 0 Å². The summed E-state index contributed by atoms with van der Waals surface area (Å²) in [5.74, 6) is 0.437. The van der Waals surface area contributed by atoms with Gasteiger partial charge in [-0.3, -0.25) is 9.69 Å². The van der Waals surface area contributed by atoms with Crippen LogP contribution in [0.3, 0.4) is 0 Å². The Kier molecular flexibility index (Phi) is 7.25. The van der Waals surface area contributed by atoms with Crippen molar-refractivity contribution in [2.24, 2.45) is 0 Å². The van der Waals surface area contributed by atoms with Gasteiger partial charge in [-0.15, -0.1) is 16.4 Å². The molecule has 0 aliphatic rings. The molecule has 5 aromatic rings. The minimum Gasteiger partial charge on any atom is -0.322 e. The molecular weight excluding hydrogens is 487 g/mol. The molecule has 1 unspecified atom stereocenters. The fraction of sp³-hybridized carbons (Fsp3) is 0.286. The lowest BCUT2D eigenvalue weighted by Crippen LogP contribution is -2.32. The quantitative estimate of drug-likeness (QED) is 0.279. The van der Waals surface area contributed by atoms with Crippen LogP contribution in [-0.2, 0) is 19.6 Å². The van der Waals surface area contributed by atoms with Crippen LogP contribution in [0.4, 0.5) is 4.39 Å². The number of tetrazole rings is 1. The predicted molar refractivity (Wildman–Crippen MR) is 144 cm³/mol. The summed E-state index contributed by atoms with van der Waals surface area (Å²) in [7, 11) is 0. The van der Waals surface area contributed by atoms with Crippen molar-refractivity contribution in [2.45, 2.75) is 52.9 Å². The third-order valence-corrected chi connectivity index (χ3v) is 7.64. The molecule has 0 aliphatic heterocycles. The molecule has 3 aromatic heterocycles. The molecule has 0 saturated heterocycles. The maximum atomic E-state index is 13.4. The van der Waals surface area contributed by atoms with Crippen molar-refractivity contribution >= 4 is 22.2 Å². The summed E-state index contributed by atoms with van der Waals surface area (Å²) in [6.45, 7) is 7.76. The Balaban J connectivity index is 1.50. The number of rotatable bonds is 9. The van der Waals surface area contributed by atoms with Crippen LogP contribution in [0, 0.1) is 19.7 Å². The third-order valence-electron chi connectivity index (χ3n) is 6.78. The van der Waals surface area contributed by atoms with E-state index in [2.05, 4.69) is 56.8 Å². The summed E-state index contributed by atoms with van der Waals surface area (Å²) < 4.78 is 15.2. The van der Waals surface area contributed by atoms with Gasteiger partial charge in [-0.1, -0.05) is 25.1 Å². The zero-order valence-corrected chi connectivity index (χ0v) is 21.9. The van der Waals surface area contributed by atoms with Gasteiger partial charge in [-0.05, 0) is 94.5 Å². The van der Waals surface area contributed by atoms with E-state index in [0.29, 0.717) is 31.0 Å². The number of hydrogen-bond acceptors (Lipinski definition) is 6. The summed E-state index contributed by atoms with van der Waals surface area (Å²) in [5.41, 5.74) is 4.70. The highest BCUT2D eigenvalue weighted by Crippen LogP contribution is 2.28. The molecule has 37 heavy (non-hydrogen) atoms. The van der Waals surface area contributed by atoms with Gasteiger partial charge < -0.3 is 4.98 Å². The first-order valence-electron chi connectivity index (χ1n) is 12.3. The van der Waals surface area contributed by atoms with E-state index in [9.17, 15) is 9.18 Å². The molecule has 1 N–H and O–H groups in total. The summed E-state index contributed by atoms with van der Waals surface area (Å²) in [6.07, 6.45) is 0.749. The number of halogens is 1. The number of nitrogens with one attached hydrogen (secondary N) is 1. The minimum absolute atomic E-state index is 0.0901. The number of hydrogen-bond donors (Lipinski definition) is 1. The summed E-state index contributed by atoms with van der Waals surface area (Å²) in [6, 6.07) is 16.5. The summed E-state index contributed by atoms with van der Waals surface area (Å²) >= 11 is 1.68. The Hall–Kier alpha value is -3.69. The number of aromatic nitrogens is 5. The van der Waals surface area contributed by atoms with E-state index >= 15 is 0 Å². The lowest BCUT2D eigenvalue weighted by atomic mass is 10.0. The van der Waals surface area contributed by atoms with Gasteiger partial charge >= 0.3 is 0 Å². The Morgan fingerprint density at radius 1 is 1.08 bits per heavy atom. The first-order valence-corrected chi connectivity index (χ1v) is 13.2. The lowest BCUT2D eigenvalue weighted by Gasteiger charge is -2.30. The van der Waals surface area contributed by atoms with Gasteiger partial charge in [0.1, 0.15) is 5.82 Å². The van der Waals surface area contributed by atoms with Gasteiger partial charge in [-0.2, -0.15) is 0 Å². The molecule has 0 spiro atoms. The number of nitrogens with zero attached hydrogens (tertiary/aromatic N) is 5. The minimum atomic E-state index is -0.278.